The highest BCUT2D eigenvalue weighted by molar-refractivity contribution is 9.10. The van der Waals surface area contributed by atoms with Crippen LogP contribution in [0.15, 0.2) is 16.6 Å². The minimum atomic E-state index is -0.498. The third kappa shape index (κ3) is 3.33. The van der Waals surface area contributed by atoms with Gasteiger partial charge in [0, 0.05) is 12.6 Å². The highest BCUT2D eigenvalue weighted by Crippen LogP contribution is 2.31. The summed E-state index contributed by atoms with van der Waals surface area (Å²) in [5, 5.41) is 0.0648. The minimum Gasteiger partial charge on any atom is -0.488 e. The van der Waals surface area contributed by atoms with Crippen molar-refractivity contribution in [3.8, 4) is 5.75 Å². The molecule has 15 heavy (non-hydrogen) atoms. The van der Waals surface area contributed by atoms with Gasteiger partial charge in [-0.25, -0.2) is 4.39 Å². The predicted molar refractivity (Wildman–Crippen MR) is 62.9 cm³/mol. The van der Waals surface area contributed by atoms with Crippen molar-refractivity contribution in [2.45, 2.75) is 19.4 Å². The Morgan fingerprint density at radius 1 is 1.60 bits per heavy atom. The van der Waals surface area contributed by atoms with Crippen LogP contribution in [0.4, 0.5) is 4.39 Å². The largest absolute Gasteiger partial charge is 0.488 e. The van der Waals surface area contributed by atoms with Crippen molar-refractivity contribution in [1.29, 1.82) is 0 Å². The third-order valence-electron chi connectivity index (χ3n) is 1.99. The van der Waals surface area contributed by atoms with Crippen LogP contribution in [0.5, 0.6) is 5.75 Å². The van der Waals surface area contributed by atoms with Gasteiger partial charge in [-0.1, -0.05) is 18.5 Å². The Morgan fingerprint density at radius 3 is 2.80 bits per heavy atom. The second-order valence-electron chi connectivity index (χ2n) is 3.08. The Morgan fingerprint density at radius 2 is 2.27 bits per heavy atom. The molecule has 1 aromatic carbocycles. The zero-order valence-corrected chi connectivity index (χ0v) is 10.6. The molecule has 0 heterocycles. The van der Waals surface area contributed by atoms with E-state index in [1.54, 1.807) is 0 Å². The van der Waals surface area contributed by atoms with E-state index in [0.717, 1.165) is 6.42 Å². The van der Waals surface area contributed by atoms with E-state index < -0.39 is 5.82 Å². The van der Waals surface area contributed by atoms with E-state index in [4.69, 9.17) is 22.1 Å². The lowest BCUT2D eigenvalue weighted by molar-refractivity contribution is 0.203. The van der Waals surface area contributed by atoms with Gasteiger partial charge in [-0.05, 0) is 28.4 Å². The molecule has 1 unspecified atom stereocenters. The molecule has 1 atom stereocenters. The number of nitrogens with two attached hydrogens (primary N) is 1. The molecule has 84 valence electrons. The zero-order chi connectivity index (χ0) is 11.4. The second kappa shape index (κ2) is 5.68. The standard InChI is InChI=1S/C10H12BrClFNO/c1-2-6(5-14)15-10-4-9(13)8(12)3-7(10)11/h3-4,6H,2,5,14H2,1H3. The lowest BCUT2D eigenvalue weighted by Crippen LogP contribution is -2.25. The highest BCUT2D eigenvalue weighted by atomic mass is 79.9. The average Bonchev–Trinajstić information content (AvgIpc) is 2.21. The topological polar surface area (TPSA) is 35.2 Å². The second-order valence-corrected chi connectivity index (χ2v) is 4.34. The van der Waals surface area contributed by atoms with Crippen molar-refractivity contribution in [1.82, 2.24) is 0 Å². The average molecular weight is 297 g/mol. The quantitative estimate of drug-likeness (QED) is 0.865. The van der Waals surface area contributed by atoms with Gasteiger partial charge in [0.05, 0.1) is 9.50 Å². The molecule has 5 heteroatoms. The van der Waals surface area contributed by atoms with Crippen LogP contribution >= 0.6 is 27.5 Å². The number of benzene rings is 1. The van der Waals surface area contributed by atoms with Crippen LogP contribution in [-0.4, -0.2) is 12.6 Å². The summed E-state index contributed by atoms with van der Waals surface area (Å²) in [6, 6.07) is 2.72. The summed E-state index contributed by atoms with van der Waals surface area (Å²) in [6.45, 7) is 2.35. The van der Waals surface area contributed by atoms with Gasteiger partial charge in [-0.3, -0.25) is 0 Å². The molecule has 0 aromatic heterocycles. The third-order valence-corrected chi connectivity index (χ3v) is 2.90. The van der Waals surface area contributed by atoms with Crippen LogP contribution in [-0.2, 0) is 0 Å². The minimum absolute atomic E-state index is 0.0648. The summed E-state index contributed by atoms with van der Waals surface area (Å²) in [6.07, 6.45) is 0.662. The van der Waals surface area contributed by atoms with Gasteiger partial charge in [-0.15, -0.1) is 0 Å². The smallest absolute Gasteiger partial charge is 0.145 e. The first kappa shape index (κ1) is 12.7. The fourth-order valence-corrected chi connectivity index (χ4v) is 1.80. The Labute approximate surface area is 102 Å². The van der Waals surface area contributed by atoms with Gasteiger partial charge in [0.1, 0.15) is 17.7 Å². The predicted octanol–water partition coefficient (Wildman–Crippen LogP) is 3.36. The van der Waals surface area contributed by atoms with E-state index in [-0.39, 0.29) is 11.1 Å². The Bertz CT molecular complexity index is 344. The molecule has 0 radical (unpaired) electrons. The van der Waals surface area contributed by atoms with Crippen molar-refractivity contribution in [3.05, 3.63) is 27.4 Å². The van der Waals surface area contributed by atoms with Gasteiger partial charge in [0.2, 0.25) is 0 Å². The Hall–Kier alpha value is -0.320. The number of halogens is 3. The van der Waals surface area contributed by atoms with E-state index in [1.807, 2.05) is 6.92 Å². The zero-order valence-electron chi connectivity index (χ0n) is 8.27. The molecule has 0 aliphatic heterocycles. The molecular weight excluding hydrogens is 284 g/mol. The van der Waals surface area contributed by atoms with Crippen molar-refractivity contribution >= 4 is 27.5 Å². The molecule has 0 aliphatic rings. The maximum absolute atomic E-state index is 13.2. The van der Waals surface area contributed by atoms with E-state index in [9.17, 15) is 4.39 Å². The maximum Gasteiger partial charge on any atom is 0.145 e. The fraction of sp³-hybridized carbons (Fsp3) is 0.400. The first-order chi connectivity index (χ1) is 7.08. The molecular formula is C10H12BrClFNO. The van der Waals surface area contributed by atoms with Gasteiger partial charge < -0.3 is 10.5 Å². The van der Waals surface area contributed by atoms with Crippen LogP contribution in [0, 0.1) is 5.82 Å². The lowest BCUT2D eigenvalue weighted by Gasteiger charge is -2.16. The van der Waals surface area contributed by atoms with Crippen molar-refractivity contribution in [2.24, 2.45) is 5.73 Å². The normalized spacial score (nSPS) is 12.6. The molecule has 0 amide bonds. The van der Waals surface area contributed by atoms with Crippen LogP contribution in [0.25, 0.3) is 0 Å². The van der Waals surface area contributed by atoms with Gasteiger partial charge in [-0.2, -0.15) is 0 Å². The molecule has 1 rings (SSSR count). The van der Waals surface area contributed by atoms with Crippen molar-refractivity contribution in [2.75, 3.05) is 6.54 Å². The highest BCUT2D eigenvalue weighted by Gasteiger charge is 2.11. The molecule has 2 nitrogen and oxygen atoms in total. The summed E-state index contributed by atoms with van der Waals surface area (Å²) < 4.78 is 19.3. The Kier molecular flexibility index (Phi) is 4.83. The molecule has 0 saturated heterocycles. The summed E-state index contributed by atoms with van der Waals surface area (Å²) in [4.78, 5) is 0. The molecule has 1 aromatic rings. The van der Waals surface area contributed by atoms with Crippen LogP contribution in [0.1, 0.15) is 13.3 Å². The van der Waals surface area contributed by atoms with E-state index in [0.29, 0.717) is 16.8 Å². The van der Waals surface area contributed by atoms with Gasteiger partial charge in [0.25, 0.3) is 0 Å². The molecule has 0 aliphatic carbocycles. The lowest BCUT2D eigenvalue weighted by atomic mass is 10.2. The van der Waals surface area contributed by atoms with E-state index in [2.05, 4.69) is 15.9 Å². The van der Waals surface area contributed by atoms with E-state index >= 15 is 0 Å². The van der Waals surface area contributed by atoms with Gasteiger partial charge in [0.15, 0.2) is 0 Å². The van der Waals surface area contributed by atoms with Crippen LogP contribution in [0.2, 0.25) is 5.02 Å². The van der Waals surface area contributed by atoms with Crippen LogP contribution in [0.3, 0.4) is 0 Å². The van der Waals surface area contributed by atoms with Crippen molar-refractivity contribution < 1.29 is 9.13 Å². The monoisotopic (exact) mass is 295 g/mol. The summed E-state index contributed by atoms with van der Waals surface area (Å²) in [5.41, 5.74) is 5.49. The molecule has 2 N–H and O–H groups in total. The van der Waals surface area contributed by atoms with Crippen LogP contribution < -0.4 is 10.5 Å². The molecule has 0 spiro atoms. The Balaban J connectivity index is 2.89. The first-order valence-corrected chi connectivity index (χ1v) is 5.76. The molecule has 0 saturated carbocycles. The SMILES string of the molecule is CCC(CN)Oc1cc(F)c(Cl)cc1Br. The maximum atomic E-state index is 13.2. The number of hydrogen-bond acceptors (Lipinski definition) is 2. The fourth-order valence-electron chi connectivity index (χ4n) is 1.07. The number of ether oxygens (including phenoxy) is 1. The summed E-state index contributed by atoms with van der Waals surface area (Å²) in [5.74, 6) is -0.0732. The number of hydrogen-bond donors (Lipinski definition) is 1. The molecule has 0 fully saturated rings. The first-order valence-electron chi connectivity index (χ1n) is 4.59. The van der Waals surface area contributed by atoms with E-state index in [1.165, 1.54) is 12.1 Å². The number of rotatable bonds is 4. The molecule has 0 bridgehead atoms. The van der Waals surface area contributed by atoms with Gasteiger partial charge >= 0.3 is 0 Å². The summed E-state index contributed by atoms with van der Waals surface area (Å²) >= 11 is 8.86. The summed E-state index contributed by atoms with van der Waals surface area (Å²) in [7, 11) is 0. The van der Waals surface area contributed by atoms with Crippen molar-refractivity contribution in [3.63, 3.8) is 0 Å².